The van der Waals surface area contributed by atoms with Crippen LogP contribution in [0.4, 0.5) is 17.2 Å². The van der Waals surface area contributed by atoms with E-state index < -0.39 is 0 Å². The highest BCUT2D eigenvalue weighted by Crippen LogP contribution is 2.30. The van der Waals surface area contributed by atoms with Gasteiger partial charge in [-0.3, -0.25) is 9.89 Å². The maximum absolute atomic E-state index is 5.03. The number of nitrogens with zero attached hydrogens (tertiary/aromatic N) is 4. The minimum atomic E-state index is 0.205. The molecule has 0 fully saturated rings. The van der Waals surface area contributed by atoms with Crippen molar-refractivity contribution in [3.63, 3.8) is 0 Å². The molecule has 0 spiro atoms. The number of amidine groups is 1. The topological polar surface area (TPSA) is 31.7 Å². The van der Waals surface area contributed by atoms with Crippen LogP contribution in [0, 0.1) is 0 Å². The maximum atomic E-state index is 5.03. The highest BCUT2D eigenvalue weighted by atomic mass is 15.2. The summed E-state index contributed by atoms with van der Waals surface area (Å²) in [7, 11) is 0. The van der Waals surface area contributed by atoms with Gasteiger partial charge in [-0.25, -0.2) is 4.98 Å². The van der Waals surface area contributed by atoms with Crippen molar-refractivity contribution in [1.29, 1.82) is 0 Å². The summed E-state index contributed by atoms with van der Waals surface area (Å²) in [5.74, 6) is 2.14. The zero-order valence-corrected chi connectivity index (χ0v) is 22.3. The van der Waals surface area contributed by atoms with Crippen molar-refractivity contribution in [3.8, 4) is 0 Å². The van der Waals surface area contributed by atoms with Crippen molar-refractivity contribution >= 4 is 23.0 Å². The zero-order chi connectivity index (χ0) is 26.2. The average molecular weight is 501 g/mol. The van der Waals surface area contributed by atoms with Crippen LogP contribution in [0.1, 0.15) is 44.6 Å². The summed E-state index contributed by atoms with van der Waals surface area (Å²) < 4.78 is 0. The summed E-state index contributed by atoms with van der Waals surface area (Å²) in [4.78, 5) is 14.5. The second-order valence-electron chi connectivity index (χ2n) is 9.74. The molecule has 2 aliphatic rings. The van der Waals surface area contributed by atoms with E-state index >= 15 is 0 Å². The fraction of sp³-hybridized carbons (Fsp3) is 0.235. The fourth-order valence-electron chi connectivity index (χ4n) is 5.02. The Kier molecular flexibility index (Phi) is 8.29. The Morgan fingerprint density at radius 1 is 0.921 bits per heavy atom. The summed E-state index contributed by atoms with van der Waals surface area (Å²) in [6, 6.07) is 25.5. The molecular weight excluding hydrogens is 464 g/mol. The van der Waals surface area contributed by atoms with Crippen LogP contribution in [0.5, 0.6) is 0 Å². The molecular formula is C34H36N4. The van der Waals surface area contributed by atoms with Gasteiger partial charge in [0.15, 0.2) is 0 Å². The number of para-hydroxylation sites is 2. The lowest BCUT2D eigenvalue weighted by atomic mass is 9.98. The Morgan fingerprint density at radius 2 is 1.66 bits per heavy atom. The smallest absolute Gasteiger partial charge is 0.133 e. The van der Waals surface area contributed by atoms with Crippen molar-refractivity contribution in [3.05, 3.63) is 133 Å². The molecule has 0 amide bonds. The minimum absolute atomic E-state index is 0.205. The number of hydrogen-bond donors (Lipinski definition) is 0. The number of rotatable bonds is 8. The Morgan fingerprint density at radius 3 is 2.21 bits per heavy atom. The highest BCUT2D eigenvalue weighted by Gasteiger charge is 2.22. The lowest BCUT2D eigenvalue weighted by Gasteiger charge is -2.32. The molecule has 0 bridgehead atoms. The lowest BCUT2D eigenvalue weighted by molar-refractivity contribution is 0.735. The molecule has 0 N–H and O–H groups in total. The van der Waals surface area contributed by atoms with Gasteiger partial charge in [0.1, 0.15) is 11.7 Å². The van der Waals surface area contributed by atoms with Crippen LogP contribution in [0.15, 0.2) is 132 Å². The molecule has 0 saturated heterocycles. The molecule has 1 aliphatic carbocycles. The lowest BCUT2D eigenvalue weighted by Crippen LogP contribution is -2.33. The Bertz CT molecular complexity index is 1290. The molecule has 4 heteroatoms. The molecule has 5 rings (SSSR count). The fourth-order valence-corrected chi connectivity index (χ4v) is 5.02. The van der Waals surface area contributed by atoms with Crippen LogP contribution < -0.4 is 9.80 Å². The predicted molar refractivity (Wildman–Crippen MR) is 161 cm³/mol. The number of aliphatic imine (C=N–C) groups is 1. The van der Waals surface area contributed by atoms with Gasteiger partial charge in [0, 0.05) is 29.2 Å². The molecule has 1 aliphatic heterocycles. The van der Waals surface area contributed by atoms with Gasteiger partial charge in [-0.05, 0) is 61.7 Å². The van der Waals surface area contributed by atoms with Crippen molar-refractivity contribution in [2.75, 3.05) is 16.3 Å². The van der Waals surface area contributed by atoms with Crippen LogP contribution >= 0.6 is 0 Å². The van der Waals surface area contributed by atoms with E-state index in [4.69, 9.17) is 9.98 Å². The molecule has 0 saturated carbocycles. The first-order valence-corrected chi connectivity index (χ1v) is 13.6. The second kappa shape index (κ2) is 12.4. The molecule has 38 heavy (non-hydrogen) atoms. The van der Waals surface area contributed by atoms with E-state index in [9.17, 15) is 0 Å². The summed E-state index contributed by atoms with van der Waals surface area (Å²) in [5.41, 5.74) is 4.65. The molecule has 0 radical (unpaired) electrons. The van der Waals surface area contributed by atoms with Gasteiger partial charge in [-0.15, -0.1) is 0 Å². The highest BCUT2D eigenvalue weighted by molar-refractivity contribution is 6.11. The molecule has 2 aromatic carbocycles. The number of pyridine rings is 1. The molecule has 2 heterocycles. The van der Waals surface area contributed by atoms with E-state index in [0.29, 0.717) is 6.54 Å². The monoisotopic (exact) mass is 500 g/mol. The Hall–Kier alpha value is -4.18. The van der Waals surface area contributed by atoms with Gasteiger partial charge in [-0.2, -0.15) is 0 Å². The predicted octanol–water partition coefficient (Wildman–Crippen LogP) is 8.37. The van der Waals surface area contributed by atoms with E-state index in [0.717, 1.165) is 42.3 Å². The first kappa shape index (κ1) is 25.5. The molecule has 1 aromatic heterocycles. The maximum Gasteiger partial charge on any atom is 0.133 e. The van der Waals surface area contributed by atoms with E-state index in [1.54, 1.807) is 0 Å². The summed E-state index contributed by atoms with van der Waals surface area (Å²) in [6.45, 7) is 5.11. The van der Waals surface area contributed by atoms with E-state index in [1.807, 2.05) is 18.3 Å². The molecule has 2 atom stereocenters. The largest absolute Gasteiger partial charge is 0.324 e. The minimum Gasteiger partial charge on any atom is -0.324 e. The number of allylic oxidation sites excluding steroid dienone is 4. The van der Waals surface area contributed by atoms with E-state index in [-0.39, 0.29) is 12.0 Å². The van der Waals surface area contributed by atoms with Crippen LogP contribution in [0.2, 0.25) is 0 Å². The van der Waals surface area contributed by atoms with Crippen molar-refractivity contribution in [2.24, 2.45) is 4.99 Å². The third-order valence-electron chi connectivity index (χ3n) is 7.03. The standard InChI is InChI=1S/C34H36N4/c1-3-4-14-27(2)37(30-15-8-5-9-16-30)33-23-21-28(25-35-33)29-22-24-34(36-26-29)38(31-17-10-6-11-18-31)32-19-12-7-13-20-32/h5-15,17-25,29-30H,3-4,16,26H2,1-2H3. The second-order valence-corrected chi connectivity index (χ2v) is 9.74. The molecule has 3 aromatic rings. The number of benzene rings is 2. The number of anilines is 3. The number of aromatic nitrogens is 1. The third-order valence-corrected chi connectivity index (χ3v) is 7.03. The van der Waals surface area contributed by atoms with Crippen LogP contribution in [-0.4, -0.2) is 23.4 Å². The zero-order valence-electron chi connectivity index (χ0n) is 22.3. The van der Waals surface area contributed by atoms with Crippen molar-refractivity contribution in [2.45, 2.75) is 45.1 Å². The van der Waals surface area contributed by atoms with E-state index in [2.05, 4.69) is 127 Å². The molecule has 2 unspecified atom stereocenters. The summed E-state index contributed by atoms with van der Waals surface area (Å²) in [5, 5.41) is 0. The SMILES string of the molecule is CCCC=C(C)N(c1ccc(C2C=CC(N(c3ccccc3)c3ccccc3)=NC2)cn1)C1C=CC=CC1. The van der Waals surface area contributed by atoms with Gasteiger partial charge >= 0.3 is 0 Å². The van der Waals surface area contributed by atoms with E-state index in [1.165, 1.54) is 11.3 Å². The quantitative estimate of drug-likeness (QED) is 0.311. The van der Waals surface area contributed by atoms with Gasteiger partial charge in [-0.1, -0.05) is 92.3 Å². The average Bonchev–Trinajstić information content (AvgIpc) is 2.99. The number of hydrogen-bond acceptors (Lipinski definition) is 4. The normalized spacial score (nSPS) is 18.8. The third kappa shape index (κ3) is 5.86. The molecule has 4 nitrogen and oxygen atoms in total. The summed E-state index contributed by atoms with van der Waals surface area (Å²) >= 11 is 0. The van der Waals surface area contributed by atoms with Crippen LogP contribution in [0.3, 0.4) is 0 Å². The number of dihydropyridines is 1. The van der Waals surface area contributed by atoms with Crippen LogP contribution in [0.25, 0.3) is 0 Å². The van der Waals surface area contributed by atoms with Crippen LogP contribution in [-0.2, 0) is 0 Å². The van der Waals surface area contributed by atoms with Gasteiger partial charge < -0.3 is 4.90 Å². The Labute approximate surface area is 227 Å². The van der Waals surface area contributed by atoms with Gasteiger partial charge in [0.2, 0.25) is 0 Å². The first-order chi connectivity index (χ1) is 18.7. The first-order valence-electron chi connectivity index (χ1n) is 13.6. The summed E-state index contributed by atoms with van der Waals surface area (Å²) in [6.07, 6.45) is 20.7. The Balaban J connectivity index is 1.35. The van der Waals surface area contributed by atoms with Gasteiger partial charge in [0.25, 0.3) is 0 Å². The van der Waals surface area contributed by atoms with Gasteiger partial charge in [0.05, 0.1) is 12.6 Å². The molecule has 192 valence electrons. The number of unbranched alkanes of at least 4 members (excludes halogenated alkanes) is 1. The van der Waals surface area contributed by atoms with Crippen molar-refractivity contribution < 1.29 is 0 Å². The van der Waals surface area contributed by atoms with Crippen molar-refractivity contribution in [1.82, 2.24) is 4.98 Å².